The minimum absolute atomic E-state index is 0. The van der Waals surface area contributed by atoms with E-state index in [0.29, 0.717) is 29.2 Å². The summed E-state index contributed by atoms with van der Waals surface area (Å²) < 4.78 is 278. The Morgan fingerprint density at radius 1 is 0.495 bits per heavy atom. The Balaban J connectivity index is 0.000000250. The lowest BCUT2D eigenvalue weighted by molar-refractivity contribution is -0.137. The first-order valence-electron chi connectivity index (χ1n) is 24.8. The molecule has 0 bridgehead atoms. The summed E-state index contributed by atoms with van der Waals surface area (Å²) >= 11 is 3.29. The van der Waals surface area contributed by atoms with Gasteiger partial charge < -0.3 is 27.5 Å². The van der Waals surface area contributed by atoms with Crippen LogP contribution in [0, 0.1) is 58.2 Å². The molecule has 0 aliphatic carbocycles. The molecule has 489 valence electrons. The van der Waals surface area contributed by atoms with Crippen LogP contribution < -0.4 is 33.6 Å². The standard InChI is InChI=1S/C29H15F8NO5S.C22H11BrF5NO5S.C7H6BF2O2.2H3P/c1-42-21-13-15(14-3-2-4-17(11-14)29(35,36)37)5-8-20(21)38-19-9-7-18(12-16(19)6-10-22(38)39)44(40,41)43-28-26(33)24(31)23(30)25(32)27(28)34;1-33-15-9-11(23)3-5-14(15)29-13-6-4-12(8-10(13)2-7-16(29)30)35(31,32)34-22-20(27)18(25)17(24)19(26)21(22)28;9-7(10)5-2-1-3-6(4-5)12-8-11;;/h2-13H,1H3;2-9H,1H3;1-4,7,11H;2*1H3. The molecule has 2 heterocycles. The van der Waals surface area contributed by atoms with Gasteiger partial charge in [-0.25, -0.2) is 35.1 Å². The van der Waals surface area contributed by atoms with E-state index in [4.69, 9.17) is 14.5 Å². The van der Waals surface area contributed by atoms with Gasteiger partial charge in [0.05, 0.1) is 42.2 Å². The Labute approximate surface area is 530 Å². The van der Waals surface area contributed by atoms with Gasteiger partial charge in [-0.3, -0.25) is 18.7 Å². The number of aromatic nitrogens is 2. The van der Waals surface area contributed by atoms with Crippen molar-refractivity contribution in [3.8, 4) is 51.2 Å². The van der Waals surface area contributed by atoms with Gasteiger partial charge in [0.2, 0.25) is 69.7 Å². The van der Waals surface area contributed by atoms with Crippen LogP contribution in [0.1, 0.15) is 17.6 Å². The summed E-state index contributed by atoms with van der Waals surface area (Å²) in [6, 6.07) is 29.7. The molecule has 0 spiro atoms. The highest BCUT2D eigenvalue weighted by Gasteiger charge is 2.34. The fourth-order valence-corrected chi connectivity index (χ4v) is 10.7. The number of alkyl halides is 5. The monoisotopic (exact) mass is 1460 g/mol. The first-order valence-corrected chi connectivity index (χ1v) is 28.4. The average Bonchev–Trinajstić information content (AvgIpc) is 0.782. The van der Waals surface area contributed by atoms with Crippen LogP contribution in [0.15, 0.2) is 169 Å². The van der Waals surface area contributed by atoms with Crippen LogP contribution >= 0.6 is 35.7 Å². The van der Waals surface area contributed by atoms with E-state index in [1.807, 2.05) is 0 Å². The van der Waals surface area contributed by atoms with Crippen molar-refractivity contribution in [1.82, 2.24) is 9.13 Å². The fourth-order valence-electron chi connectivity index (χ4n) is 8.43. The summed E-state index contributed by atoms with van der Waals surface area (Å²) in [7, 11) is -7.13. The summed E-state index contributed by atoms with van der Waals surface area (Å²) in [4.78, 5) is 24.2. The van der Waals surface area contributed by atoms with Gasteiger partial charge in [0.1, 0.15) is 27.0 Å². The highest BCUT2D eigenvalue weighted by molar-refractivity contribution is 9.10. The van der Waals surface area contributed by atoms with E-state index in [9.17, 15) is 92.3 Å². The molecule has 1 radical (unpaired) electrons. The third-order valence-electron chi connectivity index (χ3n) is 12.7. The number of methoxy groups -OCH3 is 2. The molecule has 0 saturated carbocycles. The number of pyridine rings is 2. The normalized spacial score (nSPS) is 11.4. The van der Waals surface area contributed by atoms with Crippen molar-refractivity contribution in [3.63, 3.8) is 0 Å². The van der Waals surface area contributed by atoms with Crippen LogP contribution in [0.3, 0.4) is 0 Å². The summed E-state index contributed by atoms with van der Waals surface area (Å²) in [5.41, 5.74) is -0.824. The lowest BCUT2D eigenvalue weighted by atomic mass is 10.0. The van der Waals surface area contributed by atoms with Crippen LogP contribution in [0.5, 0.6) is 28.7 Å². The van der Waals surface area contributed by atoms with E-state index >= 15 is 0 Å². The Morgan fingerprint density at radius 2 is 0.914 bits per heavy atom. The second kappa shape index (κ2) is 29.6. The number of hydrogen-bond acceptors (Lipinski definition) is 12. The van der Waals surface area contributed by atoms with Gasteiger partial charge in [-0.1, -0.05) is 46.3 Å². The van der Waals surface area contributed by atoms with Crippen LogP contribution in [0.4, 0.5) is 65.9 Å². The Morgan fingerprint density at radius 3 is 1.34 bits per heavy atom. The summed E-state index contributed by atoms with van der Waals surface area (Å²) in [5, 5.41) is 8.44. The minimum Gasteiger partial charge on any atom is -0.537 e. The summed E-state index contributed by atoms with van der Waals surface area (Å²) in [6.07, 6.45) is -7.10. The quantitative estimate of drug-likeness (QED) is 0.0272. The molecule has 93 heavy (non-hydrogen) atoms. The first-order chi connectivity index (χ1) is 42.8. The second-order valence-electron chi connectivity index (χ2n) is 18.2. The Hall–Kier alpha value is -8.61. The highest BCUT2D eigenvalue weighted by Crippen LogP contribution is 2.38. The SMILES string of the molecule is COc1cc(-c2cccc(C(F)(F)F)c2)ccc1-n1c(=O)ccc2cc(S(=O)(=O)Oc3c(F)c(F)c(F)c(F)c3F)ccc21.COc1cc(Br)ccc1-n1c(=O)ccc2cc(S(=O)(=O)Oc3c(F)c(F)c(F)c(F)c3F)ccc21.O[B]Oc1cccc(C(F)F)c1.P.P. The Kier molecular flexibility index (Phi) is 23.3. The molecule has 1 N–H and O–H groups in total. The first kappa shape index (κ1) is 73.4. The van der Waals surface area contributed by atoms with E-state index < -0.39 is 129 Å². The van der Waals surface area contributed by atoms with Gasteiger partial charge in [-0.15, -0.1) is 0 Å². The van der Waals surface area contributed by atoms with Gasteiger partial charge in [-0.05, 0) is 114 Å². The number of halogens is 16. The van der Waals surface area contributed by atoms with Gasteiger partial charge in [0, 0.05) is 32.9 Å². The maximum atomic E-state index is 14.1. The van der Waals surface area contributed by atoms with Crippen molar-refractivity contribution >= 4 is 85.5 Å². The topological polar surface area (TPSA) is 179 Å². The molecule has 2 atom stereocenters. The molecule has 0 aliphatic heterocycles. The Bertz CT molecular complexity index is 4830. The van der Waals surface area contributed by atoms with Crippen LogP contribution in [-0.4, -0.2) is 52.9 Å². The van der Waals surface area contributed by atoms with Crippen molar-refractivity contribution in [2.75, 3.05) is 14.2 Å². The maximum absolute atomic E-state index is 14.1. The zero-order valence-electron chi connectivity index (χ0n) is 46.6. The number of fused-ring (bicyclic) bond motifs is 2. The van der Waals surface area contributed by atoms with Crippen molar-refractivity contribution < 1.29 is 110 Å². The fraction of sp³-hybridized carbons (Fsp3) is 0.0690. The van der Waals surface area contributed by atoms with Gasteiger partial charge in [0.25, 0.3) is 17.5 Å². The smallest absolute Gasteiger partial charge is 0.537 e. The molecule has 0 amide bonds. The highest BCUT2D eigenvalue weighted by atomic mass is 79.9. The third-order valence-corrected chi connectivity index (χ3v) is 15.6. The minimum atomic E-state index is -5.17. The van der Waals surface area contributed by atoms with Crippen molar-refractivity contribution in [1.29, 1.82) is 0 Å². The van der Waals surface area contributed by atoms with Crippen LogP contribution in [-0.2, 0) is 26.4 Å². The molecule has 2 aromatic heterocycles. The van der Waals surface area contributed by atoms with E-state index in [0.717, 1.165) is 65.2 Å². The average molecular weight is 1460 g/mol. The zero-order chi connectivity index (χ0) is 66.8. The van der Waals surface area contributed by atoms with Crippen LogP contribution in [0.25, 0.3) is 44.3 Å². The third kappa shape index (κ3) is 15.6. The predicted molar refractivity (Wildman–Crippen MR) is 321 cm³/mol. The molecule has 35 heteroatoms. The molecule has 0 aliphatic rings. The molecule has 2 unspecified atom stereocenters. The summed E-state index contributed by atoms with van der Waals surface area (Å²) in [6.45, 7) is 0. The molecular formula is C58H38BBrF15N2O12P2S2. The van der Waals surface area contributed by atoms with Gasteiger partial charge in [0.15, 0.2) is 0 Å². The number of hydrogen-bond donors (Lipinski definition) is 1. The molecule has 0 fully saturated rings. The number of ether oxygens (including phenoxy) is 2. The number of rotatable bonds is 14. The number of benzene rings is 8. The van der Waals surface area contributed by atoms with E-state index in [2.05, 4.69) is 29.0 Å². The van der Waals surface area contributed by atoms with Crippen molar-refractivity contribution in [2.24, 2.45) is 0 Å². The van der Waals surface area contributed by atoms with Crippen LogP contribution in [0.2, 0.25) is 0 Å². The predicted octanol–water partition coefficient (Wildman–Crippen LogP) is 14.0. The lowest BCUT2D eigenvalue weighted by Crippen LogP contribution is -2.19. The number of nitrogens with zero attached hydrogens (tertiary/aromatic N) is 2. The molecule has 10 rings (SSSR count). The van der Waals surface area contributed by atoms with Crippen molar-refractivity contribution in [3.05, 3.63) is 240 Å². The zero-order valence-corrected chi connectivity index (χ0v) is 52.7. The molecule has 14 nitrogen and oxygen atoms in total. The summed E-state index contributed by atoms with van der Waals surface area (Å²) in [5.74, 6) is -27.8. The van der Waals surface area contributed by atoms with E-state index in [1.54, 1.807) is 18.2 Å². The molecule has 8 aromatic carbocycles. The largest absolute Gasteiger partial charge is 0.569 e. The maximum Gasteiger partial charge on any atom is 0.569 e. The lowest BCUT2D eigenvalue weighted by Gasteiger charge is -2.16. The van der Waals surface area contributed by atoms with Gasteiger partial charge >= 0.3 is 34.1 Å². The molecular weight excluding hydrogens is 1420 g/mol. The second-order valence-corrected chi connectivity index (χ2v) is 22.2. The molecule has 0 saturated heterocycles. The van der Waals surface area contributed by atoms with Crippen molar-refractivity contribution in [2.45, 2.75) is 22.4 Å². The van der Waals surface area contributed by atoms with E-state index in [1.165, 1.54) is 85.5 Å². The van der Waals surface area contributed by atoms with Gasteiger partial charge in [-0.2, -0.15) is 67.4 Å². The van der Waals surface area contributed by atoms with E-state index in [-0.39, 0.29) is 69.9 Å². The molecule has 10 aromatic rings.